The highest BCUT2D eigenvalue weighted by Gasteiger charge is 2.53. The summed E-state index contributed by atoms with van der Waals surface area (Å²) in [7, 11) is 0. The molecule has 0 radical (unpaired) electrons. The van der Waals surface area contributed by atoms with Gasteiger partial charge in [-0.05, 0) is 46.8 Å². The fraction of sp³-hybridized carbons (Fsp3) is 0.619. The average Bonchev–Trinajstić information content (AvgIpc) is 2.96. The van der Waals surface area contributed by atoms with Crippen LogP contribution in [-0.4, -0.2) is 68.6 Å². The quantitative estimate of drug-likeness (QED) is 0.339. The molecular weight excluding hydrogens is 457 g/mol. The monoisotopic (exact) mass is 481 g/mol. The molecule has 2 bridgehead atoms. The number of carbonyl (C=O) groups is 1. The number of hydrogen-bond donors (Lipinski definition) is 0. The fourth-order valence-corrected chi connectivity index (χ4v) is 5.61. The van der Waals surface area contributed by atoms with Gasteiger partial charge in [0, 0.05) is 6.54 Å². The molecule has 2 saturated heterocycles. The second-order valence-electron chi connectivity index (χ2n) is 9.43. The van der Waals surface area contributed by atoms with E-state index in [-0.39, 0.29) is 46.9 Å². The number of thioether (sulfide) groups is 1. The number of piperazine rings is 1. The summed E-state index contributed by atoms with van der Waals surface area (Å²) in [5.41, 5.74) is -0.483. The summed E-state index contributed by atoms with van der Waals surface area (Å²) in [5, 5.41) is 0.576. The molecule has 1 amide bonds. The Kier molecular flexibility index (Phi) is 5.09. The van der Waals surface area contributed by atoms with Gasteiger partial charge < -0.3 is 14.4 Å². The minimum atomic E-state index is -0.686. The molecule has 32 heavy (non-hydrogen) atoms. The van der Waals surface area contributed by atoms with Crippen LogP contribution >= 0.6 is 23.4 Å². The topological polar surface area (TPSA) is 80.7 Å². The summed E-state index contributed by atoms with van der Waals surface area (Å²) in [5.74, 6) is 0.109. The number of nitrogens with zero attached hydrogens (tertiary/aromatic N) is 5. The molecule has 4 atom stereocenters. The van der Waals surface area contributed by atoms with E-state index < -0.39 is 11.4 Å². The van der Waals surface area contributed by atoms with Crippen LogP contribution in [0.25, 0.3) is 10.9 Å². The number of hydrogen-bond acceptors (Lipinski definition) is 8. The third-order valence-corrected chi connectivity index (χ3v) is 7.02. The molecule has 0 spiro atoms. The molecule has 2 aromatic rings. The first kappa shape index (κ1) is 21.8. The number of rotatable bonds is 1. The van der Waals surface area contributed by atoms with Crippen LogP contribution in [0.5, 0.6) is 5.88 Å². The Balaban J connectivity index is 1.64. The highest BCUT2D eigenvalue weighted by atomic mass is 35.5. The maximum Gasteiger partial charge on any atom is 0.410 e. The highest BCUT2D eigenvalue weighted by molar-refractivity contribution is 7.98. The zero-order valence-electron chi connectivity index (χ0n) is 18.6. The number of ether oxygens (including phenoxy) is 2. The number of pyridine rings is 1. The Labute approximate surface area is 194 Å². The van der Waals surface area contributed by atoms with Crippen LogP contribution in [0.1, 0.15) is 40.5 Å². The van der Waals surface area contributed by atoms with Crippen LogP contribution in [0.2, 0.25) is 5.15 Å². The molecule has 172 valence electrons. The second kappa shape index (κ2) is 7.48. The third kappa shape index (κ3) is 3.34. The summed E-state index contributed by atoms with van der Waals surface area (Å²) in [4.78, 5) is 30.3. The van der Waals surface area contributed by atoms with E-state index in [2.05, 4.69) is 14.9 Å². The second-order valence-corrected chi connectivity index (χ2v) is 10.6. The van der Waals surface area contributed by atoms with E-state index in [1.54, 1.807) is 0 Å². The van der Waals surface area contributed by atoms with Gasteiger partial charge in [-0.1, -0.05) is 23.4 Å². The Morgan fingerprint density at radius 1 is 1.28 bits per heavy atom. The Morgan fingerprint density at radius 3 is 2.72 bits per heavy atom. The van der Waals surface area contributed by atoms with Gasteiger partial charge in [0.2, 0.25) is 5.88 Å². The van der Waals surface area contributed by atoms with Crippen molar-refractivity contribution in [3.05, 3.63) is 11.0 Å². The summed E-state index contributed by atoms with van der Waals surface area (Å²) >= 11 is 7.40. The molecule has 0 aromatic carbocycles. The van der Waals surface area contributed by atoms with E-state index in [0.717, 1.165) is 12.8 Å². The number of anilines is 1. The van der Waals surface area contributed by atoms with Crippen molar-refractivity contribution >= 4 is 46.2 Å². The van der Waals surface area contributed by atoms with Gasteiger partial charge in [-0.3, -0.25) is 4.90 Å². The van der Waals surface area contributed by atoms with Crippen molar-refractivity contribution in [2.24, 2.45) is 0 Å². The molecule has 5 rings (SSSR count). The SMILES string of the molecule is CSc1nc2c3c(nc(Cl)c(F)c3n1)O[C@H](C)[C@@H]1[C@@H]3CC[C@H](CN21)N3C(=O)OC(C)(C)C. The van der Waals surface area contributed by atoms with Crippen molar-refractivity contribution in [3.63, 3.8) is 0 Å². The molecule has 0 N–H and O–H groups in total. The zero-order chi connectivity index (χ0) is 22.9. The van der Waals surface area contributed by atoms with E-state index in [1.165, 1.54) is 11.8 Å². The summed E-state index contributed by atoms with van der Waals surface area (Å²) in [6.07, 6.45) is 2.85. The number of fused-ring (bicyclic) bond motifs is 5. The van der Waals surface area contributed by atoms with Gasteiger partial charge in [0.25, 0.3) is 0 Å². The van der Waals surface area contributed by atoms with Crippen molar-refractivity contribution in [2.45, 2.75) is 75.5 Å². The third-order valence-electron chi connectivity index (χ3n) is 6.22. The maximum absolute atomic E-state index is 14.9. The van der Waals surface area contributed by atoms with Crippen molar-refractivity contribution in [1.82, 2.24) is 19.9 Å². The molecule has 5 heterocycles. The van der Waals surface area contributed by atoms with Gasteiger partial charge in [-0.25, -0.2) is 19.2 Å². The lowest BCUT2D eigenvalue weighted by atomic mass is 9.98. The molecular formula is C21H25ClFN5O3S. The predicted molar refractivity (Wildman–Crippen MR) is 120 cm³/mol. The number of amides is 1. The van der Waals surface area contributed by atoms with E-state index in [9.17, 15) is 9.18 Å². The molecule has 2 aromatic heterocycles. The van der Waals surface area contributed by atoms with E-state index in [1.807, 2.05) is 38.9 Å². The van der Waals surface area contributed by atoms with E-state index in [0.29, 0.717) is 22.9 Å². The van der Waals surface area contributed by atoms with Crippen molar-refractivity contribution in [2.75, 3.05) is 17.7 Å². The van der Waals surface area contributed by atoms with Gasteiger partial charge in [0.1, 0.15) is 28.4 Å². The van der Waals surface area contributed by atoms with Gasteiger partial charge >= 0.3 is 6.09 Å². The Morgan fingerprint density at radius 2 is 2.03 bits per heavy atom. The molecule has 8 nitrogen and oxygen atoms in total. The average molecular weight is 482 g/mol. The van der Waals surface area contributed by atoms with E-state index >= 15 is 0 Å². The lowest BCUT2D eigenvalue weighted by Crippen LogP contribution is -2.65. The van der Waals surface area contributed by atoms with Gasteiger partial charge in [-0.15, -0.1) is 0 Å². The van der Waals surface area contributed by atoms with Gasteiger partial charge in [0.15, 0.2) is 16.1 Å². The first-order valence-corrected chi connectivity index (χ1v) is 12.2. The van der Waals surface area contributed by atoms with Crippen LogP contribution in [-0.2, 0) is 4.74 Å². The number of carbonyl (C=O) groups excluding carboxylic acids is 1. The molecule has 0 saturated carbocycles. The van der Waals surface area contributed by atoms with Crippen LogP contribution < -0.4 is 9.64 Å². The molecule has 3 aliphatic rings. The molecule has 0 aliphatic carbocycles. The van der Waals surface area contributed by atoms with Crippen LogP contribution in [0, 0.1) is 5.82 Å². The van der Waals surface area contributed by atoms with Crippen molar-refractivity contribution < 1.29 is 18.7 Å². The minimum Gasteiger partial charge on any atom is -0.472 e. The van der Waals surface area contributed by atoms with Crippen molar-refractivity contribution in [3.8, 4) is 5.88 Å². The van der Waals surface area contributed by atoms with Gasteiger partial charge in [-0.2, -0.15) is 4.98 Å². The summed E-state index contributed by atoms with van der Waals surface area (Å²) < 4.78 is 26.9. The number of aromatic nitrogens is 3. The standard InChI is InChI=1S/C21H25ClFN5O3S/c1-9-15-11-7-6-10(28(11)20(29)31-21(2,3)4)8-27(15)17-12-14(24-19(26-17)32-5)13(23)16(22)25-18(12)30-9/h9-11,15H,6-8H2,1-5H3/t9-,10-,11+,15-/m1/s1. The lowest BCUT2D eigenvalue weighted by Gasteiger charge is -2.48. The maximum atomic E-state index is 14.9. The van der Waals surface area contributed by atoms with Crippen LogP contribution in [0.15, 0.2) is 5.16 Å². The van der Waals surface area contributed by atoms with E-state index in [4.69, 9.17) is 26.1 Å². The smallest absolute Gasteiger partial charge is 0.410 e. The fourth-order valence-electron chi connectivity index (χ4n) is 5.08. The predicted octanol–water partition coefficient (Wildman–Crippen LogP) is 4.28. The van der Waals surface area contributed by atoms with Crippen LogP contribution in [0.3, 0.4) is 0 Å². The number of halogens is 2. The first-order valence-electron chi connectivity index (χ1n) is 10.6. The largest absolute Gasteiger partial charge is 0.472 e. The highest BCUT2D eigenvalue weighted by Crippen LogP contribution is 2.45. The van der Waals surface area contributed by atoms with Crippen molar-refractivity contribution in [1.29, 1.82) is 0 Å². The normalized spacial score (nSPS) is 26.6. The van der Waals surface area contributed by atoms with Crippen LogP contribution in [0.4, 0.5) is 15.0 Å². The minimum absolute atomic E-state index is 0.0345. The summed E-state index contributed by atoms with van der Waals surface area (Å²) in [6.45, 7) is 8.06. The van der Waals surface area contributed by atoms with Gasteiger partial charge in [0.05, 0.1) is 18.1 Å². The Hall–Kier alpha value is -2.07. The lowest BCUT2D eigenvalue weighted by molar-refractivity contribution is 0.000950. The Bertz CT molecular complexity index is 1110. The first-order chi connectivity index (χ1) is 15.1. The molecule has 11 heteroatoms. The molecule has 0 unspecified atom stereocenters. The molecule has 3 aliphatic heterocycles. The summed E-state index contributed by atoms with van der Waals surface area (Å²) in [6, 6.07) is -0.367. The zero-order valence-corrected chi connectivity index (χ0v) is 20.1. The molecule has 2 fully saturated rings.